The second-order valence-corrected chi connectivity index (χ2v) is 5.69. The molecule has 0 saturated carbocycles. The SMILES string of the molecule is O=C(C=Cc1ccc(Br)cc1)c1cccc2ccccc12. The Balaban J connectivity index is 1.92. The van der Waals surface area contributed by atoms with E-state index in [1.807, 2.05) is 72.8 Å². The number of ketones is 1. The number of hydrogen-bond acceptors (Lipinski definition) is 1. The monoisotopic (exact) mass is 336 g/mol. The fraction of sp³-hybridized carbons (Fsp3) is 0. The van der Waals surface area contributed by atoms with Crippen molar-refractivity contribution >= 4 is 38.6 Å². The minimum atomic E-state index is 0.0229. The fourth-order valence-electron chi connectivity index (χ4n) is 2.28. The molecule has 0 aliphatic heterocycles. The Morgan fingerprint density at radius 3 is 2.38 bits per heavy atom. The maximum absolute atomic E-state index is 12.4. The zero-order valence-corrected chi connectivity index (χ0v) is 12.9. The Bertz CT molecular complexity index is 811. The topological polar surface area (TPSA) is 17.1 Å². The van der Waals surface area contributed by atoms with E-state index in [1.54, 1.807) is 6.08 Å². The Morgan fingerprint density at radius 1 is 0.857 bits per heavy atom. The van der Waals surface area contributed by atoms with Gasteiger partial charge in [-0.2, -0.15) is 0 Å². The molecule has 2 heteroatoms. The van der Waals surface area contributed by atoms with Crippen molar-refractivity contribution < 1.29 is 4.79 Å². The van der Waals surface area contributed by atoms with Crippen LogP contribution in [0.15, 0.2) is 77.3 Å². The number of carbonyl (C=O) groups is 1. The highest BCUT2D eigenvalue weighted by atomic mass is 79.9. The first kappa shape index (κ1) is 13.8. The highest BCUT2D eigenvalue weighted by molar-refractivity contribution is 9.10. The summed E-state index contributed by atoms with van der Waals surface area (Å²) in [5.41, 5.74) is 1.74. The van der Waals surface area contributed by atoms with Gasteiger partial charge in [0.25, 0.3) is 0 Å². The molecule has 3 aromatic carbocycles. The molecule has 0 heterocycles. The van der Waals surface area contributed by atoms with E-state index in [1.165, 1.54) is 0 Å². The molecule has 0 aliphatic carbocycles. The normalized spacial score (nSPS) is 11.1. The summed E-state index contributed by atoms with van der Waals surface area (Å²) in [6.07, 6.45) is 3.47. The van der Waals surface area contributed by atoms with Crippen LogP contribution in [-0.2, 0) is 0 Å². The van der Waals surface area contributed by atoms with Gasteiger partial charge in [0.1, 0.15) is 0 Å². The molecule has 3 aromatic rings. The summed E-state index contributed by atoms with van der Waals surface area (Å²) in [5, 5.41) is 2.07. The van der Waals surface area contributed by atoms with Crippen LogP contribution in [0.1, 0.15) is 15.9 Å². The van der Waals surface area contributed by atoms with Crippen molar-refractivity contribution in [2.75, 3.05) is 0 Å². The van der Waals surface area contributed by atoms with Gasteiger partial charge in [-0.3, -0.25) is 4.79 Å². The van der Waals surface area contributed by atoms with Crippen LogP contribution in [0.2, 0.25) is 0 Å². The lowest BCUT2D eigenvalue weighted by Gasteiger charge is -2.02. The molecule has 102 valence electrons. The van der Waals surface area contributed by atoms with E-state index in [2.05, 4.69) is 15.9 Å². The standard InChI is InChI=1S/C19H13BrO/c20-16-11-8-14(9-12-16)10-13-19(21)18-7-3-5-15-4-1-2-6-17(15)18/h1-13H. The molecule has 0 bridgehead atoms. The molecule has 0 unspecified atom stereocenters. The molecule has 3 rings (SSSR count). The van der Waals surface area contributed by atoms with Crippen molar-refractivity contribution in [3.8, 4) is 0 Å². The second-order valence-electron chi connectivity index (χ2n) is 4.78. The van der Waals surface area contributed by atoms with E-state index in [0.717, 1.165) is 26.4 Å². The van der Waals surface area contributed by atoms with Crippen molar-refractivity contribution in [3.05, 3.63) is 88.4 Å². The Morgan fingerprint density at radius 2 is 1.57 bits per heavy atom. The van der Waals surface area contributed by atoms with E-state index >= 15 is 0 Å². The van der Waals surface area contributed by atoms with Gasteiger partial charge in [-0.1, -0.05) is 76.6 Å². The maximum Gasteiger partial charge on any atom is 0.186 e. The van der Waals surface area contributed by atoms with Crippen LogP contribution < -0.4 is 0 Å². The van der Waals surface area contributed by atoms with E-state index in [0.29, 0.717) is 0 Å². The molecule has 0 aromatic heterocycles. The third-order valence-electron chi connectivity index (χ3n) is 3.35. The van der Waals surface area contributed by atoms with E-state index < -0.39 is 0 Å². The lowest BCUT2D eigenvalue weighted by molar-refractivity contribution is 0.104. The van der Waals surface area contributed by atoms with Crippen LogP contribution in [0.3, 0.4) is 0 Å². The first-order chi connectivity index (χ1) is 10.2. The zero-order valence-electron chi connectivity index (χ0n) is 11.3. The van der Waals surface area contributed by atoms with Gasteiger partial charge in [0.15, 0.2) is 5.78 Å². The molecular weight excluding hydrogens is 324 g/mol. The third-order valence-corrected chi connectivity index (χ3v) is 3.88. The molecule has 0 fully saturated rings. The molecule has 0 spiro atoms. The molecule has 0 aliphatic rings. The highest BCUT2D eigenvalue weighted by Gasteiger charge is 2.06. The third kappa shape index (κ3) is 3.11. The number of halogens is 1. The average molecular weight is 337 g/mol. The smallest absolute Gasteiger partial charge is 0.186 e. The van der Waals surface area contributed by atoms with Gasteiger partial charge in [0, 0.05) is 10.0 Å². The van der Waals surface area contributed by atoms with Crippen LogP contribution in [0, 0.1) is 0 Å². The summed E-state index contributed by atoms with van der Waals surface area (Å²) in [6.45, 7) is 0. The van der Waals surface area contributed by atoms with Crippen LogP contribution >= 0.6 is 15.9 Å². The largest absolute Gasteiger partial charge is 0.289 e. The number of fused-ring (bicyclic) bond motifs is 1. The fourth-order valence-corrected chi connectivity index (χ4v) is 2.54. The minimum absolute atomic E-state index is 0.0229. The number of rotatable bonds is 3. The van der Waals surface area contributed by atoms with Gasteiger partial charge in [0.2, 0.25) is 0 Å². The number of carbonyl (C=O) groups excluding carboxylic acids is 1. The van der Waals surface area contributed by atoms with Gasteiger partial charge < -0.3 is 0 Å². The van der Waals surface area contributed by atoms with Gasteiger partial charge in [-0.25, -0.2) is 0 Å². The van der Waals surface area contributed by atoms with Crippen LogP contribution in [0.4, 0.5) is 0 Å². The van der Waals surface area contributed by atoms with Crippen molar-refractivity contribution in [2.45, 2.75) is 0 Å². The van der Waals surface area contributed by atoms with Gasteiger partial charge >= 0.3 is 0 Å². The van der Waals surface area contributed by atoms with E-state index in [9.17, 15) is 4.79 Å². The van der Waals surface area contributed by atoms with Crippen LogP contribution in [0.5, 0.6) is 0 Å². The van der Waals surface area contributed by atoms with Crippen molar-refractivity contribution in [1.29, 1.82) is 0 Å². The molecule has 0 amide bonds. The van der Waals surface area contributed by atoms with Crippen LogP contribution in [0.25, 0.3) is 16.8 Å². The minimum Gasteiger partial charge on any atom is -0.289 e. The molecule has 0 radical (unpaired) electrons. The number of benzene rings is 3. The van der Waals surface area contributed by atoms with E-state index in [-0.39, 0.29) is 5.78 Å². The summed E-state index contributed by atoms with van der Waals surface area (Å²) in [5.74, 6) is 0.0229. The Kier molecular flexibility index (Phi) is 3.98. The molecule has 0 atom stereocenters. The molecule has 0 saturated heterocycles. The molecule has 1 nitrogen and oxygen atoms in total. The summed E-state index contributed by atoms with van der Waals surface area (Å²) in [6, 6.07) is 21.6. The first-order valence-electron chi connectivity index (χ1n) is 6.70. The second kappa shape index (κ2) is 6.06. The summed E-state index contributed by atoms with van der Waals surface area (Å²) >= 11 is 3.40. The first-order valence-corrected chi connectivity index (χ1v) is 7.49. The number of allylic oxidation sites excluding steroid dienone is 1. The van der Waals surface area contributed by atoms with Gasteiger partial charge in [-0.15, -0.1) is 0 Å². The van der Waals surface area contributed by atoms with Crippen molar-refractivity contribution in [2.24, 2.45) is 0 Å². The summed E-state index contributed by atoms with van der Waals surface area (Å²) in [7, 11) is 0. The highest BCUT2D eigenvalue weighted by Crippen LogP contribution is 2.19. The van der Waals surface area contributed by atoms with E-state index in [4.69, 9.17) is 0 Å². The molecule has 21 heavy (non-hydrogen) atoms. The number of hydrogen-bond donors (Lipinski definition) is 0. The Hall–Kier alpha value is -2.19. The summed E-state index contributed by atoms with van der Waals surface area (Å²) < 4.78 is 1.03. The lowest BCUT2D eigenvalue weighted by atomic mass is 10.0. The quantitative estimate of drug-likeness (QED) is 0.456. The molecule has 0 N–H and O–H groups in total. The predicted molar refractivity (Wildman–Crippen MR) is 91.5 cm³/mol. The van der Waals surface area contributed by atoms with Gasteiger partial charge in [-0.05, 0) is 34.5 Å². The Labute approximate surface area is 132 Å². The summed E-state index contributed by atoms with van der Waals surface area (Å²) in [4.78, 5) is 12.4. The van der Waals surface area contributed by atoms with Crippen molar-refractivity contribution in [1.82, 2.24) is 0 Å². The predicted octanol–water partition coefficient (Wildman–Crippen LogP) is 5.50. The molecular formula is C19H13BrO. The maximum atomic E-state index is 12.4. The zero-order chi connectivity index (χ0) is 14.7. The van der Waals surface area contributed by atoms with Crippen LogP contribution in [-0.4, -0.2) is 5.78 Å². The van der Waals surface area contributed by atoms with Gasteiger partial charge in [0.05, 0.1) is 0 Å². The van der Waals surface area contributed by atoms with Crippen molar-refractivity contribution in [3.63, 3.8) is 0 Å². The average Bonchev–Trinajstić information content (AvgIpc) is 2.53. The lowest BCUT2D eigenvalue weighted by Crippen LogP contribution is -1.95.